The Kier molecular flexibility index (Phi) is 6.48. The predicted molar refractivity (Wildman–Crippen MR) is 120 cm³/mol. The number of hydrogen-bond donors (Lipinski definition) is 1. The zero-order valence-electron chi connectivity index (χ0n) is 17.1. The number of furan rings is 1. The van der Waals surface area contributed by atoms with Crippen molar-refractivity contribution in [2.75, 3.05) is 11.1 Å². The second kappa shape index (κ2) is 9.32. The Morgan fingerprint density at radius 3 is 2.58 bits per heavy atom. The van der Waals surface area contributed by atoms with Crippen LogP contribution < -0.4 is 5.32 Å². The van der Waals surface area contributed by atoms with Gasteiger partial charge in [-0.15, -0.1) is 10.2 Å². The number of thioether (sulfide) groups is 1. The van der Waals surface area contributed by atoms with Crippen molar-refractivity contribution in [2.24, 2.45) is 0 Å². The lowest BCUT2D eigenvalue weighted by Gasteiger charge is -2.12. The Bertz CT molecular complexity index is 1270. The van der Waals surface area contributed by atoms with Crippen LogP contribution in [-0.4, -0.2) is 26.4 Å². The van der Waals surface area contributed by atoms with E-state index < -0.39 is 17.6 Å². The van der Waals surface area contributed by atoms with Gasteiger partial charge in [0, 0.05) is 5.69 Å². The first-order valence-corrected chi connectivity index (χ1v) is 10.9. The van der Waals surface area contributed by atoms with Crippen LogP contribution >= 0.6 is 23.4 Å². The predicted octanol–water partition coefficient (Wildman–Crippen LogP) is 6.24. The molecule has 0 bridgehead atoms. The molecular weight excluding hydrogens is 477 g/mol. The van der Waals surface area contributed by atoms with Gasteiger partial charge in [0.15, 0.2) is 10.9 Å². The lowest BCUT2D eigenvalue weighted by atomic mass is 10.2. The first kappa shape index (κ1) is 22.9. The number of carbonyl (C=O) groups is 1. The number of alkyl halides is 3. The van der Waals surface area contributed by atoms with Crippen LogP contribution in [0.2, 0.25) is 5.02 Å². The molecule has 170 valence electrons. The van der Waals surface area contributed by atoms with Crippen LogP contribution in [0.4, 0.5) is 18.9 Å². The van der Waals surface area contributed by atoms with Crippen LogP contribution in [0.15, 0.2) is 70.4 Å². The summed E-state index contributed by atoms with van der Waals surface area (Å²) in [6, 6.07) is 13.8. The minimum absolute atomic E-state index is 0.00396. The highest BCUT2D eigenvalue weighted by molar-refractivity contribution is 7.99. The van der Waals surface area contributed by atoms with Crippen molar-refractivity contribution in [3.63, 3.8) is 0 Å². The summed E-state index contributed by atoms with van der Waals surface area (Å²) in [6.07, 6.45) is -3.03. The van der Waals surface area contributed by atoms with Crippen LogP contribution in [0.3, 0.4) is 0 Å². The van der Waals surface area contributed by atoms with Crippen molar-refractivity contribution >= 4 is 35.0 Å². The molecule has 33 heavy (non-hydrogen) atoms. The largest absolute Gasteiger partial charge is 0.461 e. The molecule has 1 amide bonds. The van der Waals surface area contributed by atoms with E-state index in [0.29, 0.717) is 16.7 Å². The summed E-state index contributed by atoms with van der Waals surface area (Å²) < 4.78 is 46.1. The molecule has 2 aromatic heterocycles. The molecule has 0 aliphatic heterocycles. The van der Waals surface area contributed by atoms with Crippen molar-refractivity contribution in [3.05, 3.63) is 77.0 Å². The molecule has 1 N–H and O–H groups in total. The van der Waals surface area contributed by atoms with E-state index in [-0.39, 0.29) is 16.5 Å². The van der Waals surface area contributed by atoms with Gasteiger partial charge in [0.25, 0.3) is 0 Å². The number of amides is 1. The van der Waals surface area contributed by atoms with Gasteiger partial charge < -0.3 is 9.73 Å². The lowest BCUT2D eigenvalue weighted by molar-refractivity contribution is -0.137. The van der Waals surface area contributed by atoms with Crippen LogP contribution in [0.25, 0.3) is 17.3 Å². The second-order valence-electron chi connectivity index (χ2n) is 6.98. The van der Waals surface area contributed by atoms with E-state index in [1.807, 2.05) is 31.2 Å². The Morgan fingerprint density at radius 1 is 1.15 bits per heavy atom. The number of rotatable bonds is 6. The molecule has 0 saturated carbocycles. The monoisotopic (exact) mass is 492 g/mol. The van der Waals surface area contributed by atoms with Gasteiger partial charge in [0.05, 0.1) is 28.3 Å². The van der Waals surface area contributed by atoms with Gasteiger partial charge in [0.2, 0.25) is 11.7 Å². The second-order valence-corrected chi connectivity index (χ2v) is 8.33. The third-order valence-electron chi connectivity index (χ3n) is 4.57. The average molecular weight is 493 g/mol. The van der Waals surface area contributed by atoms with Gasteiger partial charge in [-0.25, -0.2) is 0 Å². The zero-order chi connectivity index (χ0) is 23.6. The van der Waals surface area contributed by atoms with E-state index in [4.69, 9.17) is 16.0 Å². The van der Waals surface area contributed by atoms with Crippen molar-refractivity contribution < 1.29 is 22.4 Å². The van der Waals surface area contributed by atoms with Crippen LogP contribution in [0.5, 0.6) is 0 Å². The lowest BCUT2D eigenvalue weighted by Crippen LogP contribution is -2.16. The smallest absolute Gasteiger partial charge is 0.416 e. The number of aromatic nitrogens is 3. The molecule has 0 aliphatic rings. The number of nitrogens with one attached hydrogen (secondary N) is 1. The maximum Gasteiger partial charge on any atom is 0.416 e. The van der Waals surface area contributed by atoms with Crippen molar-refractivity contribution in [2.45, 2.75) is 18.3 Å². The van der Waals surface area contributed by atoms with Crippen LogP contribution in [0, 0.1) is 6.92 Å². The number of anilines is 1. The molecule has 11 heteroatoms. The van der Waals surface area contributed by atoms with Gasteiger partial charge in [-0.3, -0.25) is 9.36 Å². The van der Waals surface area contributed by atoms with E-state index in [2.05, 4.69) is 15.5 Å². The van der Waals surface area contributed by atoms with E-state index >= 15 is 0 Å². The minimum atomic E-state index is -4.55. The number of halogens is 4. The number of carbonyl (C=O) groups excluding carboxylic acids is 1. The van der Waals surface area contributed by atoms with Crippen molar-refractivity contribution in [1.29, 1.82) is 0 Å². The van der Waals surface area contributed by atoms with Gasteiger partial charge in [0.1, 0.15) is 0 Å². The quantitative estimate of drug-likeness (QED) is 0.323. The van der Waals surface area contributed by atoms with E-state index in [1.54, 1.807) is 16.7 Å². The molecule has 2 aromatic carbocycles. The Hall–Kier alpha value is -3.24. The highest BCUT2D eigenvalue weighted by Gasteiger charge is 2.31. The maximum absolute atomic E-state index is 13.0. The fourth-order valence-electron chi connectivity index (χ4n) is 2.97. The fourth-order valence-corrected chi connectivity index (χ4v) is 3.89. The molecular formula is C22H16ClF3N4O2S. The molecule has 0 fully saturated rings. The highest BCUT2D eigenvalue weighted by atomic mass is 35.5. The number of benzene rings is 2. The summed E-state index contributed by atoms with van der Waals surface area (Å²) in [5, 5.41) is 11.2. The molecule has 0 spiro atoms. The number of hydrogen-bond acceptors (Lipinski definition) is 5. The molecule has 0 saturated heterocycles. The van der Waals surface area contributed by atoms with Crippen molar-refractivity contribution in [1.82, 2.24) is 14.8 Å². The van der Waals surface area contributed by atoms with Crippen molar-refractivity contribution in [3.8, 4) is 17.3 Å². The molecule has 2 heterocycles. The Morgan fingerprint density at radius 2 is 1.91 bits per heavy atom. The standard InChI is InChI=1S/C22H16ClF3N4O2S/c1-13-4-7-15(8-5-13)30-20(18-3-2-10-32-18)28-29-21(30)33-12-19(31)27-17-11-14(22(24,25)26)6-9-16(17)23/h2-11H,12H2,1H3,(H,27,31). The molecule has 0 atom stereocenters. The van der Waals surface area contributed by atoms with E-state index in [1.165, 1.54) is 6.26 Å². The van der Waals surface area contributed by atoms with Gasteiger partial charge >= 0.3 is 6.18 Å². The van der Waals surface area contributed by atoms with E-state index in [0.717, 1.165) is 41.2 Å². The minimum Gasteiger partial charge on any atom is -0.461 e. The van der Waals surface area contributed by atoms with Gasteiger partial charge in [-0.2, -0.15) is 13.2 Å². The molecule has 6 nitrogen and oxygen atoms in total. The van der Waals surface area contributed by atoms with Gasteiger partial charge in [-0.05, 0) is 49.4 Å². The summed E-state index contributed by atoms with van der Waals surface area (Å²) in [6.45, 7) is 1.96. The summed E-state index contributed by atoms with van der Waals surface area (Å²) in [7, 11) is 0. The van der Waals surface area contributed by atoms with E-state index in [9.17, 15) is 18.0 Å². The zero-order valence-corrected chi connectivity index (χ0v) is 18.6. The molecule has 0 aliphatic carbocycles. The fraction of sp³-hybridized carbons (Fsp3) is 0.136. The van der Waals surface area contributed by atoms with Crippen LogP contribution in [0.1, 0.15) is 11.1 Å². The molecule has 4 aromatic rings. The third-order valence-corrected chi connectivity index (χ3v) is 5.83. The number of aryl methyl sites for hydroxylation is 1. The number of nitrogens with zero attached hydrogens (tertiary/aromatic N) is 3. The Labute approximate surface area is 195 Å². The third kappa shape index (κ3) is 5.23. The maximum atomic E-state index is 13.0. The first-order chi connectivity index (χ1) is 15.7. The summed E-state index contributed by atoms with van der Waals surface area (Å²) in [5.41, 5.74) is 0.809. The summed E-state index contributed by atoms with van der Waals surface area (Å²) in [4.78, 5) is 12.5. The molecule has 0 unspecified atom stereocenters. The summed E-state index contributed by atoms with van der Waals surface area (Å²) in [5.74, 6) is 0.274. The first-order valence-electron chi connectivity index (χ1n) is 9.58. The molecule has 0 radical (unpaired) electrons. The summed E-state index contributed by atoms with van der Waals surface area (Å²) >= 11 is 7.04. The SMILES string of the molecule is Cc1ccc(-n2c(SCC(=O)Nc3cc(C(F)(F)F)ccc3Cl)nnc2-c2ccco2)cc1. The topological polar surface area (TPSA) is 73.0 Å². The van der Waals surface area contributed by atoms with Crippen LogP contribution in [-0.2, 0) is 11.0 Å². The van der Waals surface area contributed by atoms with Gasteiger partial charge in [-0.1, -0.05) is 41.1 Å². The highest BCUT2D eigenvalue weighted by Crippen LogP contribution is 2.34. The molecule has 4 rings (SSSR count). The normalized spacial score (nSPS) is 11.5. The average Bonchev–Trinajstić information content (AvgIpc) is 3.43. The Balaban J connectivity index is 1.55.